The number of carbonyl (C=O) groups is 1. The van der Waals surface area contributed by atoms with Gasteiger partial charge in [0.15, 0.2) is 11.5 Å². The summed E-state index contributed by atoms with van der Waals surface area (Å²) in [5, 5.41) is 3.96. The topological polar surface area (TPSA) is 97.3 Å². The average Bonchev–Trinajstić information content (AvgIpc) is 2.82. The van der Waals surface area contributed by atoms with Crippen LogP contribution in [0.15, 0.2) is 75.1 Å². The van der Waals surface area contributed by atoms with Crippen molar-refractivity contribution in [3.05, 3.63) is 81.8 Å². The van der Waals surface area contributed by atoms with E-state index in [0.717, 1.165) is 25.5 Å². The number of amides is 1. The Bertz CT molecular complexity index is 1320. The monoisotopic (exact) mass is 559 g/mol. The van der Waals surface area contributed by atoms with Crippen molar-refractivity contribution >= 4 is 43.8 Å². The van der Waals surface area contributed by atoms with Crippen molar-refractivity contribution in [2.75, 3.05) is 25.1 Å². The third kappa shape index (κ3) is 6.61. The van der Waals surface area contributed by atoms with E-state index >= 15 is 0 Å². The summed E-state index contributed by atoms with van der Waals surface area (Å²) in [5.74, 6) is 0.0588. The molecule has 10 heteroatoms. The Morgan fingerprint density at radius 3 is 2.20 bits per heavy atom. The molecule has 3 aromatic carbocycles. The third-order valence-electron chi connectivity index (χ3n) is 5.00. The van der Waals surface area contributed by atoms with Crippen LogP contribution in [0, 0.1) is 13.8 Å². The maximum absolute atomic E-state index is 13.7. The summed E-state index contributed by atoms with van der Waals surface area (Å²) in [6.07, 6.45) is 1.48. The zero-order valence-electron chi connectivity index (χ0n) is 19.8. The number of halogens is 1. The third-order valence-corrected chi connectivity index (χ3v) is 7.30. The molecule has 0 fully saturated rings. The van der Waals surface area contributed by atoms with Gasteiger partial charge in [-0.15, -0.1) is 0 Å². The minimum absolute atomic E-state index is 0.0412. The quantitative estimate of drug-likeness (QED) is 0.309. The van der Waals surface area contributed by atoms with E-state index in [1.165, 1.54) is 38.6 Å². The van der Waals surface area contributed by atoms with Crippen LogP contribution in [0.5, 0.6) is 11.5 Å². The van der Waals surface area contributed by atoms with Gasteiger partial charge >= 0.3 is 0 Å². The number of hydrogen-bond acceptors (Lipinski definition) is 6. The molecule has 0 aliphatic rings. The minimum Gasteiger partial charge on any atom is -0.493 e. The number of hydrazone groups is 1. The van der Waals surface area contributed by atoms with E-state index in [-0.39, 0.29) is 10.6 Å². The van der Waals surface area contributed by atoms with Gasteiger partial charge < -0.3 is 9.47 Å². The Morgan fingerprint density at radius 2 is 1.60 bits per heavy atom. The number of ether oxygens (including phenoxy) is 2. The van der Waals surface area contributed by atoms with E-state index in [0.29, 0.717) is 11.4 Å². The number of sulfonamides is 1. The largest absolute Gasteiger partial charge is 0.493 e. The van der Waals surface area contributed by atoms with Crippen LogP contribution in [0.4, 0.5) is 5.69 Å². The number of methoxy groups -OCH3 is 2. The van der Waals surface area contributed by atoms with Crippen LogP contribution >= 0.6 is 15.9 Å². The van der Waals surface area contributed by atoms with Gasteiger partial charge in [0.25, 0.3) is 15.9 Å². The number of anilines is 1. The summed E-state index contributed by atoms with van der Waals surface area (Å²) in [6, 6.07) is 17.0. The van der Waals surface area contributed by atoms with Crippen LogP contribution in [0.1, 0.15) is 16.7 Å². The van der Waals surface area contributed by atoms with Gasteiger partial charge in [-0.05, 0) is 66.9 Å². The van der Waals surface area contributed by atoms with Gasteiger partial charge in [0.05, 0.1) is 31.0 Å². The molecule has 0 unspecified atom stereocenters. The molecule has 3 rings (SSSR count). The summed E-state index contributed by atoms with van der Waals surface area (Å²) < 4.78 is 39.8. The number of hydrogen-bond donors (Lipinski definition) is 1. The Balaban J connectivity index is 1.93. The predicted octanol–water partition coefficient (Wildman–Crippen LogP) is 4.43. The summed E-state index contributed by atoms with van der Waals surface area (Å²) >= 11 is 3.36. The molecule has 0 aliphatic carbocycles. The fourth-order valence-corrected chi connectivity index (χ4v) is 5.09. The zero-order valence-corrected chi connectivity index (χ0v) is 22.2. The fraction of sp³-hybridized carbons (Fsp3) is 0.200. The molecule has 0 radical (unpaired) electrons. The van der Waals surface area contributed by atoms with Gasteiger partial charge in [-0.2, -0.15) is 5.10 Å². The number of aryl methyl sites for hydroxylation is 2. The van der Waals surface area contributed by atoms with Crippen molar-refractivity contribution in [1.29, 1.82) is 0 Å². The van der Waals surface area contributed by atoms with E-state index in [1.807, 2.05) is 44.2 Å². The normalized spacial score (nSPS) is 11.3. The first-order valence-corrected chi connectivity index (χ1v) is 12.8. The molecular formula is C25H26BrN3O5S. The molecule has 0 spiro atoms. The molecule has 35 heavy (non-hydrogen) atoms. The van der Waals surface area contributed by atoms with Crippen LogP contribution in [0.2, 0.25) is 0 Å². The first-order chi connectivity index (χ1) is 16.6. The Morgan fingerprint density at radius 1 is 0.971 bits per heavy atom. The van der Waals surface area contributed by atoms with Gasteiger partial charge in [-0.1, -0.05) is 34.1 Å². The summed E-state index contributed by atoms with van der Waals surface area (Å²) in [5.41, 5.74) is 5.27. The standard InChI is InChI=1S/C25H26BrN3O5S/c1-17-11-18(2)13-21(12-17)29(16-25(30)28-27-15-19-5-7-20(26)8-6-19)35(31,32)22-9-10-23(33-3)24(14-22)34-4/h5-15H,16H2,1-4H3,(H,28,30)/b27-15-. The van der Waals surface area contributed by atoms with Crippen LogP contribution in [0.25, 0.3) is 0 Å². The van der Waals surface area contributed by atoms with E-state index in [4.69, 9.17) is 9.47 Å². The highest BCUT2D eigenvalue weighted by Crippen LogP contribution is 2.32. The van der Waals surface area contributed by atoms with Gasteiger partial charge in [0, 0.05) is 10.5 Å². The first-order valence-electron chi connectivity index (χ1n) is 10.5. The number of nitrogens with one attached hydrogen (secondary N) is 1. The maximum atomic E-state index is 13.7. The number of rotatable bonds is 9. The van der Waals surface area contributed by atoms with Crippen molar-refractivity contribution in [1.82, 2.24) is 5.43 Å². The summed E-state index contributed by atoms with van der Waals surface area (Å²) in [7, 11) is -1.25. The van der Waals surface area contributed by atoms with Crippen molar-refractivity contribution in [2.45, 2.75) is 18.7 Å². The molecule has 0 atom stereocenters. The molecule has 8 nitrogen and oxygen atoms in total. The molecule has 0 aromatic heterocycles. The van der Waals surface area contributed by atoms with Crippen LogP contribution < -0.4 is 19.2 Å². The number of carbonyl (C=O) groups excluding carboxylic acids is 1. The van der Waals surface area contributed by atoms with Gasteiger partial charge in [-0.25, -0.2) is 13.8 Å². The molecule has 0 saturated carbocycles. The molecule has 1 amide bonds. The van der Waals surface area contributed by atoms with E-state index in [1.54, 1.807) is 12.1 Å². The Labute approximate surface area is 213 Å². The van der Waals surface area contributed by atoms with Gasteiger partial charge in [0.1, 0.15) is 6.54 Å². The van der Waals surface area contributed by atoms with Crippen molar-refractivity contribution < 1.29 is 22.7 Å². The second-order valence-corrected chi connectivity index (χ2v) is 10.5. The smallest absolute Gasteiger partial charge is 0.264 e. The molecule has 0 bridgehead atoms. The lowest BCUT2D eigenvalue weighted by Gasteiger charge is -2.25. The number of nitrogens with zero attached hydrogens (tertiary/aromatic N) is 2. The number of benzene rings is 3. The lowest BCUT2D eigenvalue weighted by molar-refractivity contribution is -0.119. The lowest BCUT2D eigenvalue weighted by Crippen LogP contribution is -2.39. The molecule has 0 heterocycles. The van der Waals surface area contributed by atoms with Crippen molar-refractivity contribution in [3.63, 3.8) is 0 Å². The van der Waals surface area contributed by atoms with Crippen molar-refractivity contribution in [2.24, 2.45) is 5.10 Å². The van der Waals surface area contributed by atoms with Crippen LogP contribution in [0.3, 0.4) is 0 Å². The van der Waals surface area contributed by atoms with Crippen LogP contribution in [-0.2, 0) is 14.8 Å². The van der Waals surface area contributed by atoms with Crippen molar-refractivity contribution in [3.8, 4) is 11.5 Å². The Kier molecular flexibility index (Phi) is 8.52. The summed E-state index contributed by atoms with van der Waals surface area (Å²) in [4.78, 5) is 12.7. The second kappa shape index (κ2) is 11.4. The molecule has 3 aromatic rings. The SMILES string of the molecule is COc1ccc(S(=O)(=O)N(CC(=O)N/N=C\c2ccc(Br)cc2)c2cc(C)cc(C)c2)cc1OC. The minimum atomic E-state index is -4.14. The zero-order chi connectivity index (χ0) is 25.6. The molecule has 1 N–H and O–H groups in total. The Hall–Kier alpha value is -3.37. The second-order valence-electron chi connectivity index (χ2n) is 7.72. The van der Waals surface area contributed by atoms with Gasteiger partial charge in [-0.3, -0.25) is 9.10 Å². The molecule has 0 aliphatic heterocycles. The highest BCUT2D eigenvalue weighted by atomic mass is 79.9. The maximum Gasteiger partial charge on any atom is 0.264 e. The molecular weight excluding hydrogens is 534 g/mol. The first kappa shape index (κ1) is 26.2. The summed E-state index contributed by atoms with van der Waals surface area (Å²) in [6.45, 7) is 3.25. The predicted molar refractivity (Wildman–Crippen MR) is 140 cm³/mol. The van der Waals surface area contributed by atoms with E-state index < -0.39 is 22.5 Å². The van der Waals surface area contributed by atoms with E-state index in [9.17, 15) is 13.2 Å². The molecule has 184 valence electrons. The lowest BCUT2D eigenvalue weighted by atomic mass is 10.1. The molecule has 0 saturated heterocycles. The fourth-order valence-electron chi connectivity index (χ4n) is 3.41. The average molecular weight is 560 g/mol. The van der Waals surface area contributed by atoms with Gasteiger partial charge in [0.2, 0.25) is 0 Å². The van der Waals surface area contributed by atoms with Crippen LogP contribution in [-0.4, -0.2) is 41.3 Å². The highest BCUT2D eigenvalue weighted by molar-refractivity contribution is 9.10. The van der Waals surface area contributed by atoms with E-state index in [2.05, 4.69) is 26.5 Å². The highest BCUT2D eigenvalue weighted by Gasteiger charge is 2.28.